The van der Waals surface area contributed by atoms with Gasteiger partial charge >= 0.3 is 0 Å². The zero-order valence-electron chi connectivity index (χ0n) is 15.5. The molecule has 0 bridgehead atoms. The number of halogens is 1. The van der Waals surface area contributed by atoms with Crippen molar-refractivity contribution in [3.63, 3.8) is 0 Å². The number of fused-ring (bicyclic) bond motifs is 1. The van der Waals surface area contributed by atoms with E-state index in [0.717, 1.165) is 16.1 Å². The van der Waals surface area contributed by atoms with Crippen molar-refractivity contribution in [3.8, 4) is 0 Å². The van der Waals surface area contributed by atoms with Crippen molar-refractivity contribution in [3.05, 3.63) is 63.5 Å². The van der Waals surface area contributed by atoms with E-state index in [1.54, 1.807) is 29.0 Å². The second kappa shape index (κ2) is 8.19. The van der Waals surface area contributed by atoms with Gasteiger partial charge in [-0.2, -0.15) is 0 Å². The largest absolute Gasteiger partial charge is 0.339 e. The molecule has 1 aliphatic heterocycles. The molecule has 0 aromatic heterocycles. The molecule has 4 nitrogen and oxygen atoms in total. The monoisotopic (exact) mass is 400 g/mol. The van der Waals surface area contributed by atoms with Gasteiger partial charge in [-0.25, -0.2) is 0 Å². The van der Waals surface area contributed by atoms with E-state index in [2.05, 4.69) is 0 Å². The molecule has 2 amide bonds. The Bertz CT molecular complexity index is 922. The van der Waals surface area contributed by atoms with E-state index in [-0.39, 0.29) is 11.8 Å². The minimum atomic E-state index is -0.0973. The molecule has 140 valence electrons. The van der Waals surface area contributed by atoms with Gasteiger partial charge in [0.2, 0.25) is 0 Å². The van der Waals surface area contributed by atoms with Crippen molar-refractivity contribution in [2.24, 2.45) is 0 Å². The van der Waals surface area contributed by atoms with Crippen LogP contribution in [0.3, 0.4) is 0 Å². The highest BCUT2D eigenvalue weighted by atomic mass is 35.5. The Morgan fingerprint density at radius 3 is 2.59 bits per heavy atom. The van der Waals surface area contributed by atoms with Crippen molar-refractivity contribution in [1.29, 1.82) is 0 Å². The molecule has 0 radical (unpaired) electrons. The summed E-state index contributed by atoms with van der Waals surface area (Å²) in [5.74, 6) is -0.117. The number of carbonyl (C=O) groups excluding carboxylic acids is 2. The Morgan fingerprint density at radius 1 is 1.19 bits per heavy atom. The van der Waals surface area contributed by atoms with Crippen molar-refractivity contribution >= 4 is 46.9 Å². The highest BCUT2D eigenvalue weighted by molar-refractivity contribution is 8.04. The molecule has 1 aliphatic rings. The molecule has 2 aromatic carbocycles. The average molecular weight is 401 g/mol. The van der Waals surface area contributed by atoms with Crippen LogP contribution in [-0.4, -0.2) is 36.9 Å². The van der Waals surface area contributed by atoms with Gasteiger partial charge in [-0.3, -0.25) is 9.59 Å². The lowest BCUT2D eigenvalue weighted by molar-refractivity contribution is -0.114. The smallest absolute Gasteiger partial charge is 0.264 e. The Morgan fingerprint density at radius 2 is 1.93 bits per heavy atom. The Hall–Kier alpha value is -2.24. The Kier molecular flexibility index (Phi) is 5.92. The molecule has 27 heavy (non-hydrogen) atoms. The van der Waals surface area contributed by atoms with Crippen molar-refractivity contribution in [1.82, 2.24) is 4.90 Å². The fourth-order valence-electron chi connectivity index (χ4n) is 2.97. The molecule has 6 heteroatoms. The topological polar surface area (TPSA) is 40.6 Å². The van der Waals surface area contributed by atoms with E-state index in [9.17, 15) is 9.59 Å². The third-order valence-corrected chi connectivity index (χ3v) is 5.81. The maximum absolute atomic E-state index is 12.8. The number of benzene rings is 2. The van der Waals surface area contributed by atoms with E-state index in [0.29, 0.717) is 28.6 Å². The quantitative estimate of drug-likeness (QED) is 0.683. The van der Waals surface area contributed by atoms with Gasteiger partial charge < -0.3 is 9.80 Å². The molecule has 0 fully saturated rings. The SMILES string of the molecule is CCN(CC)C(=O)c1ccc2c(c1)N(C)C(=O)/C(=C/c1cccc(Cl)c1)S2. The third-order valence-electron chi connectivity index (χ3n) is 4.50. The van der Waals surface area contributed by atoms with E-state index in [1.807, 2.05) is 50.3 Å². The second-order valence-electron chi connectivity index (χ2n) is 6.19. The van der Waals surface area contributed by atoms with Crippen LogP contribution >= 0.6 is 23.4 Å². The molecule has 0 saturated carbocycles. The van der Waals surface area contributed by atoms with Gasteiger partial charge in [0.1, 0.15) is 0 Å². The van der Waals surface area contributed by atoms with Gasteiger partial charge in [0.25, 0.3) is 11.8 Å². The summed E-state index contributed by atoms with van der Waals surface area (Å²) in [5.41, 5.74) is 2.23. The van der Waals surface area contributed by atoms with Crippen LogP contribution in [-0.2, 0) is 4.79 Å². The first-order valence-electron chi connectivity index (χ1n) is 8.81. The number of carbonyl (C=O) groups is 2. The highest BCUT2D eigenvalue weighted by Gasteiger charge is 2.27. The number of rotatable bonds is 4. The van der Waals surface area contributed by atoms with Crippen LogP contribution in [0, 0.1) is 0 Å². The van der Waals surface area contributed by atoms with Crippen LogP contribution in [0.5, 0.6) is 0 Å². The minimum Gasteiger partial charge on any atom is -0.339 e. The molecule has 2 aromatic rings. The summed E-state index contributed by atoms with van der Waals surface area (Å²) in [5, 5.41) is 0.630. The van der Waals surface area contributed by atoms with Crippen LogP contribution in [0.15, 0.2) is 52.3 Å². The lowest BCUT2D eigenvalue weighted by Crippen LogP contribution is -2.32. The maximum Gasteiger partial charge on any atom is 0.264 e. The predicted octanol–water partition coefficient (Wildman–Crippen LogP) is 4.93. The van der Waals surface area contributed by atoms with Crippen LogP contribution in [0.25, 0.3) is 6.08 Å². The van der Waals surface area contributed by atoms with Crippen molar-refractivity contribution < 1.29 is 9.59 Å². The molecule has 0 N–H and O–H groups in total. The summed E-state index contributed by atoms with van der Waals surface area (Å²) >= 11 is 7.45. The molecule has 3 rings (SSSR count). The standard InChI is InChI=1S/C21H21ClN2O2S/c1-4-24(5-2)20(25)15-9-10-18-17(13-15)23(3)21(26)19(27-18)12-14-7-6-8-16(22)11-14/h6-13H,4-5H2,1-3H3/b19-12-. The number of anilines is 1. The number of hydrogen-bond donors (Lipinski definition) is 0. The normalized spacial score (nSPS) is 15.0. The molecular formula is C21H21ClN2O2S. The summed E-state index contributed by atoms with van der Waals surface area (Å²) in [6.45, 7) is 5.22. The summed E-state index contributed by atoms with van der Waals surface area (Å²) in [7, 11) is 1.73. The van der Waals surface area contributed by atoms with Crippen LogP contribution in [0.2, 0.25) is 5.02 Å². The molecule has 1 heterocycles. The Labute approximate surface area is 168 Å². The van der Waals surface area contributed by atoms with E-state index in [4.69, 9.17) is 11.6 Å². The lowest BCUT2D eigenvalue weighted by atomic mass is 10.1. The first kappa shape index (κ1) is 19.5. The van der Waals surface area contributed by atoms with Gasteiger partial charge in [0, 0.05) is 35.6 Å². The average Bonchev–Trinajstić information content (AvgIpc) is 2.66. The zero-order chi connectivity index (χ0) is 19.6. The first-order chi connectivity index (χ1) is 12.9. The van der Waals surface area contributed by atoms with Gasteiger partial charge in [-0.1, -0.05) is 35.5 Å². The number of nitrogens with zero attached hydrogens (tertiary/aromatic N) is 2. The van der Waals surface area contributed by atoms with E-state index >= 15 is 0 Å². The summed E-state index contributed by atoms with van der Waals surface area (Å²) < 4.78 is 0. The van der Waals surface area contributed by atoms with Crippen LogP contribution < -0.4 is 4.90 Å². The molecule has 0 spiro atoms. The highest BCUT2D eigenvalue weighted by Crippen LogP contribution is 2.42. The van der Waals surface area contributed by atoms with Crippen LogP contribution in [0.4, 0.5) is 5.69 Å². The maximum atomic E-state index is 12.8. The van der Waals surface area contributed by atoms with Gasteiger partial charge in [0.15, 0.2) is 0 Å². The summed E-state index contributed by atoms with van der Waals surface area (Å²) in [6, 6.07) is 12.9. The first-order valence-corrected chi connectivity index (χ1v) is 10.0. The van der Waals surface area contributed by atoms with E-state index in [1.165, 1.54) is 11.8 Å². The molecule has 0 unspecified atom stereocenters. The minimum absolute atomic E-state index is 0.0195. The van der Waals surface area contributed by atoms with E-state index < -0.39 is 0 Å². The second-order valence-corrected chi connectivity index (χ2v) is 7.71. The van der Waals surface area contributed by atoms with Crippen molar-refractivity contribution in [2.75, 3.05) is 25.0 Å². The van der Waals surface area contributed by atoms with Crippen molar-refractivity contribution in [2.45, 2.75) is 18.7 Å². The molecule has 0 atom stereocenters. The summed E-state index contributed by atoms with van der Waals surface area (Å²) in [4.78, 5) is 30.4. The predicted molar refractivity (Wildman–Crippen MR) is 112 cm³/mol. The Balaban J connectivity index is 1.94. The van der Waals surface area contributed by atoms with Crippen LogP contribution in [0.1, 0.15) is 29.8 Å². The lowest BCUT2D eigenvalue weighted by Gasteiger charge is -2.28. The summed E-state index contributed by atoms with van der Waals surface area (Å²) in [6.07, 6.45) is 1.84. The number of amides is 2. The van der Waals surface area contributed by atoms with Gasteiger partial charge in [-0.15, -0.1) is 0 Å². The number of likely N-dealkylation sites (N-methyl/N-ethyl adjacent to an activating group) is 1. The van der Waals surface area contributed by atoms with Gasteiger partial charge in [0.05, 0.1) is 10.6 Å². The van der Waals surface area contributed by atoms with Gasteiger partial charge in [-0.05, 0) is 55.8 Å². The number of thioether (sulfide) groups is 1. The fraction of sp³-hybridized carbons (Fsp3) is 0.238. The fourth-order valence-corrected chi connectivity index (χ4v) is 4.26. The molecule has 0 aliphatic carbocycles. The molecular weight excluding hydrogens is 380 g/mol. The zero-order valence-corrected chi connectivity index (χ0v) is 17.1. The molecule has 0 saturated heterocycles. The third kappa shape index (κ3) is 4.04. The number of hydrogen-bond acceptors (Lipinski definition) is 3.